The molecule has 0 N–H and O–H groups in total. The van der Waals surface area contributed by atoms with Crippen LogP contribution >= 0.6 is 0 Å². The monoisotopic (exact) mass is 393 g/mol. The number of esters is 1. The van der Waals surface area contributed by atoms with Gasteiger partial charge < -0.3 is 14.0 Å². The van der Waals surface area contributed by atoms with E-state index in [1.165, 1.54) is 7.11 Å². The van der Waals surface area contributed by atoms with Crippen LogP contribution < -0.4 is 4.74 Å². The van der Waals surface area contributed by atoms with Gasteiger partial charge in [-0.2, -0.15) is 0 Å². The number of ether oxygens (including phenoxy) is 2. The maximum Gasteiger partial charge on any atom is 0.325 e. The molecule has 2 rings (SSSR count). The van der Waals surface area contributed by atoms with E-state index in [4.69, 9.17) is 9.47 Å². The van der Waals surface area contributed by atoms with E-state index >= 15 is 0 Å². The molecule has 0 aliphatic rings. The summed E-state index contributed by atoms with van der Waals surface area (Å²) in [5.41, 5.74) is 4.08. The molecule has 0 atom stereocenters. The molecule has 0 radical (unpaired) electrons. The lowest BCUT2D eigenvalue weighted by molar-refractivity contribution is -0.141. The summed E-state index contributed by atoms with van der Waals surface area (Å²) in [5, 5.41) is 0. The molecule has 0 saturated carbocycles. The highest BCUT2D eigenvalue weighted by molar-refractivity contribution is 5.78. The third-order valence-electron chi connectivity index (χ3n) is 4.53. The van der Waals surface area contributed by atoms with Gasteiger partial charge >= 0.3 is 5.97 Å². The Morgan fingerprint density at radius 3 is 2.55 bits per heavy atom. The number of benzene rings is 1. The van der Waals surface area contributed by atoms with E-state index < -0.39 is 0 Å². The van der Waals surface area contributed by atoms with Gasteiger partial charge in [0.1, 0.15) is 12.3 Å². The van der Waals surface area contributed by atoms with Crippen LogP contribution in [0.1, 0.15) is 38.8 Å². The number of rotatable bonds is 11. The molecule has 154 valence electrons. The maximum absolute atomic E-state index is 12.1. The second-order valence-corrected chi connectivity index (χ2v) is 6.64. The number of allylic oxidation sites excluding steroid dienone is 5. The molecule has 0 bridgehead atoms. The first-order valence-corrected chi connectivity index (χ1v) is 10.1. The minimum atomic E-state index is -0.276. The number of methoxy groups -OCH3 is 1. The van der Waals surface area contributed by atoms with E-state index in [-0.39, 0.29) is 12.5 Å². The van der Waals surface area contributed by atoms with Gasteiger partial charge in [0.25, 0.3) is 0 Å². The second kappa shape index (κ2) is 11.7. The van der Waals surface area contributed by atoms with Gasteiger partial charge in [-0.1, -0.05) is 31.2 Å². The average molecular weight is 394 g/mol. The highest BCUT2D eigenvalue weighted by Gasteiger charge is 2.15. The van der Waals surface area contributed by atoms with Crippen molar-refractivity contribution in [1.29, 1.82) is 0 Å². The predicted molar refractivity (Wildman–Crippen MR) is 120 cm³/mol. The quantitative estimate of drug-likeness (QED) is 0.202. The molecule has 4 nitrogen and oxygen atoms in total. The van der Waals surface area contributed by atoms with Crippen molar-refractivity contribution in [1.82, 2.24) is 4.57 Å². The van der Waals surface area contributed by atoms with Gasteiger partial charge in [0.2, 0.25) is 0 Å². The van der Waals surface area contributed by atoms with Crippen molar-refractivity contribution in [3.63, 3.8) is 0 Å². The molecule has 0 aliphatic carbocycles. The molecular weight excluding hydrogens is 362 g/mol. The van der Waals surface area contributed by atoms with Gasteiger partial charge in [0, 0.05) is 11.4 Å². The Balaban J connectivity index is 2.35. The van der Waals surface area contributed by atoms with Crippen molar-refractivity contribution in [2.75, 3.05) is 13.7 Å². The van der Waals surface area contributed by atoms with Gasteiger partial charge in [-0.25, -0.2) is 0 Å². The zero-order chi connectivity index (χ0) is 21.1. The maximum atomic E-state index is 12.1. The molecule has 1 aromatic heterocycles. The van der Waals surface area contributed by atoms with Crippen LogP contribution in [-0.4, -0.2) is 24.3 Å². The Morgan fingerprint density at radius 1 is 1.17 bits per heavy atom. The third kappa shape index (κ3) is 6.24. The van der Waals surface area contributed by atoms with Crippen LogP contribution in [0.25, 0.3) is 16.8 Å². The van der Waals surface area contributed by atoms with Crippen molar-refractivity contribution < 1.29 is 14.3 Å². The van der Waals surface area contributed by atoms with E-state index in [1.807, 2.05) is 54.0 Å². The Kier molecular flexibility index (Phi) is 9.03. The normalized spacial score (nSPS) is 11.6. The van der Waals surface area contributed by atoms with Crippen LogP contribution in [0.4, 0.5) is 0 Å². The van der Waals surface area contributed by atoms with E-state index in [0.717, 1.165) is 47.5 Å². The zero-order valence-corrected chi connectivity index (χ0v) is 17.7. The fourth-order valence-corrected chi connectivity index (χ4v) is 3.13. The summed E-state index contributed by atoms with van der Waals surface area (Å²) in [4.78, 5) is 12.1. The number of carbonyl (C=O) groups is 1. The summed E-state index contributed by atoms with van der Waals surface area (Å²) in [6, 6.07) is 12.1. The minimum Gasteiger partial charge on any atom is -0.494 e. The van der Waals surface area contributed by atoms with E-state index in [1.54, 1.807) is 0 Å². The lowest BCUT2D eigenvalue weighted by atomic mass is 10.1. The number of nitrogens with zero attached hydrogens (tertiary/aromatic N) is 1. The van der Waals surface area contributed by atoms with Gasteiger partial charge in [0.05, 0.1) is 13.7 Å². The smallest absolute Gasteiger partial charge is 0.325 e. The van der Waals surface area contributed by atoms with Crippen LogP contribution in [0.2, 0.25) is 0 Å². The molecule has 0 spiro atoms. The molecule has 1 heterocycles. The molecular formula is C25H31NO3. The molecule has 4 heteroatoms. The lowest BCUT2D eigenvalue weighted by Gasteiger charge is -2.14. The molecule has 0 saturated heterocycles. The Morgan fingerprint density at radius 2 is 1.93 bits per heavy atom. The summed E-state index contributed by atoms with van der Waals surface area (Å²) in [6.07, 6.45) is 10.9. The molecule has 0 unspecified atom stereocenters. The van der Waals surface area contributed by atoms with Crippen LogP contribution in [0, 0.1) is 0 Å². The van der Waals surface area contributed by atoms with Crippen LogP contribution in [-0.2, 0) is 16.1 Å². The van der Waals surface area contributed by atoms with Crippen molar-refractivity contribution in [2.45, 2.75) is 39.7 Å². The summed E-state index contributed by atoms with van der Waals surface area (Å²) >= 11 is 0. The fourth-order valence-electron chi connectivity index (χ4n) is 3.13. The van der Waals surface area contributed by atoms with E-state index in [2.05, 4.69) is 31.7 Å². The Bertz CT molecular complexity index is 857. The highest BCUT2D eigenvalue weighted by atomic mass is 16.5. The first-order valence-electron chi connectivity index (χ1n) is 10.1. The van der Waals surface area contributed by atoms with Gasteiger partial charge in [-0.3, -0.25) is 4.79 Å². The number of unbranched alkanes of at least 4 members (excludes halogenated alkanes) is 1. The fraction of sp³-hybridized carbons (Fsp3) is 0.320. The number of carbonyl (C=O) groups excluding carboxylic acids is 1. The number of hydrogen-bond acceptors (Lipinski definition) is 3. The first-order chi connectivity index (χ1) is 14.1. The zero-order valence-electron chi connectivity index (χ0n) is 17.7. The summed E-state index contributed by atoms with van der Waals surface area (Å²) in [6.45, 7) is 8.65. The largest absolute Gasteiger partial charge is 0.494 e. The van der Waals surface area contributed by atoms with E-state index in [0.29, 0.717) is 6.61 Å². The number of aromatic nitrogens is 1. The van der Waals surface area contributed by atoms with Crippen molar-refractivity contribution in [3.05, 3.63) is 73.0 Å². The highest BCUT2D eigenvalue weighted by Crippen LogP contribution is 2.29. The van der Waals surface area contributed by atoms with Crippen LogP contribution in [0.3, 0.4) is 0 Å². The van der Waals surface area contributed by atoms with Crippen LogP contribution in [0.5, 0.6) is 5.75 Å². The molecule has 0 fully saturated rings. The summed E-state index contributed by atoms with van der Waals surface area (Å²) in [5.74, 6) is 0.562. The molecule has 0 aliphatic heterocycles. The van der Waals surface area contributed by atoms with Crippen molar-refractivity contribution in [2.24, 2.45) is 0 Å². The molecule has 0 amide bonds. The SMILES string of the molecule is C=CCCCOc1ccc(-c2ccc(C(/C=C\C)=C/CC)n2CC(=O)OC)cc1. The standard InChI is InChI=1S/C25H31NO3/c1-5-8-9-18-29-22-14-12-21(13-15-22)24-17-16-23(20(10-6-2)11-7-3)26(24)19-25(27)28-4/h5-6,10-17H,1,7-9,18-19H2,2-4H3/b10-6-,20-11+. The van der Waals surface area contributed by atoms with Crippen molar-refractivity contribution in [3.8, 4) is 17.0 Å². The average Bonchev–Trinajstić information content (AvgIpc) is 3.14. The Labute approximate surface area is 174 Å². The Hall–Kier alpha value is -3.01. The van der Waals surface area contributed by atoms with Crippen molar-refractivity contribution >= 4 is 11.5 Å². The summed E-state index contributed by atoms with van der Waals surface area (Å²) in [7, 11) is 1.42. The molecule has 1 aromatic carbocycles. The van der Waals surface area contributed by atoms with E-state index in [9.17, 15) is 4.79 Å². The van der Waals surface area contributed by atoms with Gasteiger partial charge in [-0.05, 0) is 73.7 Å². The third-order valence-corrected chi connectivity index (χ3v) is 4.53. The van der Waals surface area contributed by atoms with Gasteiger partial charge in [0.15, 0.2) is 0 Å². The molecule has 29 heavy (non-hydrogen) atoms. The minimum absolute atomic E-state index is 0.159. The lowest BCUT2D eigenvalue weighted by Crippen LogP contribution is -2.14. The second-order valence-electron chi connectivity index (χ2n) is 6.64. The predicted octanol–water partition coefficient (Wildman–Crippen LogP) is 6.04. The molecule has 2 aromatic rings. The summed E-state index contributed by atoms with van der Waals surface area (Å²) < 4.78 is 12.7. The topological polar surface area (TPSA) is 40.5 Å². The first kappa shape index (κ1) is 22.3. The van der Waals surface area contributed by atoms with Crippen LogP contribution in [0.15, 0.2) is 67.3 Å². The number of hydrogen-bond donors (Lipinski definition) is 0. The van der Waals surface area contributed by atoms with Gasteiger partial charge in [-0.15, -0.1) is 6.58 Å².